The Hall–Kier alpha value is -2.96. The Labute approximate surface area is 147 Å². The minimum atomic E-state index is -4.39. The van der Waals surface area contributed by atoms with Crippen LogP contribution in [0, 0.1) is 6.92 Å². The third-order valence-electron chi connectivity index (χ3n) is 3.70. The van der Waals surface area contributed by atoms with Crippen molar-refractivity contribution in [3.05, 3.63) is 59.9 Å². The van der Waals surface area contributed by atoms with Crippen LogP contribution in [-0.2, 0) is 11.2 Å². The number of carbonyl (C=O) groups excluding carboxylic acids is 1. The first-order valence-corrected chi connectivity index (χ1v) is 7.86. The molecular formula is C19H16F3NO3. The number of furan rings is 1. The number of hydrogen-bond donors (Lipinski definition) is 1. The largest absolute Gasteiger partial charge is 0.484 e. The van der Waals surface area contributed by atoms with Crippen LogP contribution in [0.1, 0.15) is 11.1 Å². The molecule has 2 aromatic carbocycles. The lowest BCUT2D eigenvalue weighted by atomic mass is 10.1. The summed E-state index contributed by atoms with van der Waals surface area (Å²) in [5.41, 5.74) is 3.02. The van der Waals surface area contributed by atoms with Gasteiger partial charge in [-0.2, -0.15) is 13.2 Å². The van der Waals surface area contributed by atoms with Gasteiger partial charge < -0.3 is 14.5 Å². The number of carbonyl (C=O) groups is 1. The minimum absolute atomic E-state index is 0.0801. The first kappa shape index (κ1) is 17.8. The zero-order chi connectivity index (χ0) is 18.7. The smallest absolute Gasteiger partial charge is 0.422 e. The van der Waals surface area contributed by atoms with E-state index in [1.807, 2.05) is 25.1 Å². The van der Waals surface area contributed by atoms with Crippen molar-refractivity contribution in [2.75, 3.05) is 11.9 Å². The number of amides is 1. The second kappa shape index (κ2) is 7.11. The number of rotatable bonds is 5. The monoisotopic (exact) mass is 363 g/mol. The molecule has 0 atom stereocenters. The summed E-state index contributed by atoms with van der Waals surface area (Å²) in [6, 6.07) is 11.5. The van der Waals surface area contributed by atoms with Crippen molar-refractivity contribution < 1.29 is 27.1 Å². The lowest BCUT2D eigenvalue weighted by Crippen LogP contribution is -2.19. The fourth-order valence-electron chi connectivity index (χ4n) is 2.51. The number of benzene rings is 2. The van der Waals surface area contributed by atoms with Gasteiger partial charge in [0.1, 0.15) is 11.3 Å². The van der Waals surface area contributed by atoms with Crippen molar-refractivity contribution in [1.29, 1.82) is 0 Å². The molecule has 0 aliphatic heterocycles. The van der Waals surface area contributed by atoms with E-state index in [4.69, 9.17) is 4.42 Å². The van der Waals surface area contributed by atoms with Crippen LogP contribution in [0.2, 0.25) is 0 Å². The molecule has 26 heavy (non-hydrogen) atoms. The number of fused-ring (bicyclic) bond motifs is 1. The van der Waals surface area contributed by atoms with Crippen LogP contribution >= 0.6 is 0 Å². The highest BCUT2D eigenvalue weighted by atomic mass is 19.4. The van der Waals surface area contributed by atoms with Crippen LogP contribution < -0.4 is 10.1 Å². The van der Waals surface area contributed by atoms with Crippen LogP contribution in [0.25, 0.3) is 11.0 Å². The zero-order valence-electron chi connectivity index (χ0n) is 13.9. The number of hydrogen-bond acceptors (Lipinski definition) is 3. The van der Waals surface area contributed by atoms with Crippen LogP contribution in [-0.4, -0.2) is 18.7 Å². The maximum absolute atomic E-state index is 12.2. The Morgan fingerprint density at radius 3 is 2.58 bits per heavy atom. The Morgan fingerprint density at radius 1 is 1.15 bits per heavy atom. The van der Waals surface area contributed by atoms with Gasteiger partial charge in [-0.15, -0.1) is 0 Å². The summed E-state index contributed by atoms with van der Waals surface area (Å²) in [5, 5.41) is 3.57. The fraction of sp³-hybridized carbons (Fsp3) is 0.211. The Bertz CT molecular complexity index is 914. The number of aryl methyl sites for hydroxylation is 1. The quantitative estimate of drug-likeness (QED) is 0.704. The number of halogens is 3. The molecule has 0 bridgehead atoms. The van der Waals surface area contributed by atoms with Crippen molar-refractivity contribution in [3.8, 4) is 5.75 Å². The summed E-state index contributed by atoms with van der Waals surface area (Å²) in [5.74, 6) is -0.172. The summed E-state index contributed by atoms with van der Waals surface area (Å²) in [6.07, 6.45) is -2.71. The maximum atomic E-state index is 12.2. The van der Waals surface area contributed by atoms with Gasteiger partial charge in [-0.1, -0.05) is 12.1 Å². The van der Waals surface area contributed by atoms with E-state index in [-0.39, 0.29) is 18.1 Å². The predicted molar refractivity (Wildman–Crippen MR) is 91.3 cm³/mol. The highest BCUT2D eigenvalue weighted by Gasteiger charge is 2.28. The first-order chi connectivity index (χ1) is 12.3. The van der Waals surface area contributed by atoms with Gasteiger partial charge in [0.15, 0.2) is 6.61 Å². The minimum Gasteiger partial charge on any atom is -0.484 e. The normalized spacial score (nSPS) is 11.5. The maximum Gasteiger partial charge on any atom is 0.422 e. The van der Waals surface area contributed by atoms with Gasteiger partial charge in [-0.3, -0.25) is 4.79 Å². The summed E-state index contributed by atoms with van der Waals surface area (Å²) >= 11 is 0. The van der Waals surface area contributed by atoms with Crippen molar-refractivity contribution >= 4 is 22.6 Å². The molecule has 4 nitrogen and oxygen atoms in total. The highest BCUT2D eigenvalue weighted by Crippen LogP contribution is 2.24. The van der Waals surface area contributed by atoms with E-state index in [1.165, 1.54) is 24.3 Å². The molecule has 1 heterocycles. The molecule has 0 aliphatic rings. The second-order valence-corrected chi connectivity index (χ2v) is 5.91. The van der Waals surface area contributed by atoms with E-state index in [9.17, 15) is 18.0 Å². The molecular weight excluding hydrogens is 347 g/mol. The van der Waals surface area contributed by atoms with Gasteiger partial charge in [0.2, 0.25) is 5.91 Å². The molecule has 0 aliphatic carbocycles. The molecule has 3 rings (SSSR count). The van der Waals surface area contributed by atoms with Crippen LogP contribution in [0.3, 0.4) is 0 Å². The number of alkyl halides is 3. The van der Waals surface area contributed by atoms with Crippen LogP contribution in [0.5, 0.6) is 5.75 Å². The van der Waals surface area contributed by atoms with E-state index in [2.05, 4.69) is 10.1 Å². The van der Waals surface area contributed by atoms with E-state index in [0.29, 0.717) is 5.69 Å². The van der Waals surface area contributed by atoms with Crippen molar-refractivity contribution in [3.63, 3.8) is 0 Å². The van der Waals surface area contributed by atoms with Gasteiger partial charge in [-0.05, 0) is 42.8 Å². The lowest BCUT2D eigenvalue weighted by Gasteiger charge is -2.10. The SMILES string of the molecule is Cc1ccc2c(CC(=O)Nc3ccc(OCC(F)(F)F)cc3)coc2c1. The van der Waals surface area contributed by atoms with Gasteiger partial charge in [0, 0.05) is 16.6 Å². The van der Waals surface area contributed by atoms with E-state index >= 15 is 0 Å². The van der Waals surface area contributed by atoms with Gasteiger partial charge in [0.05, 0.1) is 12.7 Å². The molecule has 136 valence electrons. The standard InChI is InChI=1S/C19H16F3NO3/c1-12-2-7-16-13(10-25-17(16)8-12)9-18(24)23-14-3-5-15(6-4-14)26-11-19(20,21)22/h2-8,10H,9,11H2,1H3,(H,23,24). The molecule has 1 N–H and O–H groups in total. The molecule has 0 spiro atoms. The third-order valence-corrected chi connectivity index (χ3v) is 3.70. The molecule has 0 fully saturated rings. The molecule has 0 radical (unpaired) electrons. The van der Waals surface area contributed by atoms with Gasteiger partial charge >= 0.3 is 6.18 Å². The highest BCUT2D eigenvalue weighted by molar-refractivity contribution is 5.95. The Balaban J connectivity index is 1.60. The average Bonchev–Trinajstić information content (AvgIpc) is 2.95. The van der Waals surface area contributed by atoms with E-state index in [0.717, 1.165) is 22.1 Å². The van der Waals surface area contributed by atoms with Crippen molar-refractivity contribution in [1.82, 2.24) is 0 Å². The van der Waals surface area contributed by atoms with Gasteiger partial charge in [-0.25, -0.2) is 0 Å². The number of anilines is 1. The summed E-state index contributed by atoms with van der Waals surface area (Å²) in [7, 11) is 0. The number of nitrogens with one attached hydrogen (secondary N) is 1. The van der Waals surface area contributed by atoms with Crippen molar-refractivity contribution in [2.24, 2.45) is 0 Å². The summed E-state index contributed by atoms with van der Waals surface area (Å²) in [4.78, 5) is 12.2. The van der Waals surface area contributed by atoms with E-state index in [1.54, 1.807) is 6.26 Å². The third kappa shape index (κ3) is 4.56. The molecule has 0 saturated heterocycles. The lowest BCUT2D eigenvalue weighted by molar-refractivity contribution is -0.153. The topological polar surface area (TPSA) is 51.5 Å². The van der Waals surface area contributed by atoms with Gasteiger partial charge in [0.25, 0.3) is 0 Å². The first-order valence-electron chi connectivity index (χ1n) is 7.86. The second-order valence-electron chi connectivity index (χ2n) is 5.91. The summed E-state index contributed by atoms with van der Waals surface area (Å²) < 4.78 is 46.4. The molecule has 1 amide bonds. The molecule has 0 saturated carbocycles. The molecule has 0 unspecified atom stereocenters. The van der Waals surface area contributed by atoms with Crippen LogP contribution in [0.4, 0.5) is 18.9 Å². The predicted octanol–water partition coefficient (Wildman–Crippen LogP) is 4.86. The van der Waals surface area contributed by atoms with Crippen molar-refractivity contribution in [2.45, 2.75) is 19.5 Å². The average molecular weight is 363 g/mol. The molecule has 7 heteroatoms. The zero-order valence-corrected chi connectivity index (χ0v) is 13.9. The van der Waals surface area contributed by atoms with E-state index < -0.39 is 12.8 Å². The Kier molecular flexibility index (Phi) is 4.88. The fourth-order valence-corrected chi connectivity index (χ4v) is 2.51. The molecule has 1 aromatic heterocycles. The summed E-state index contributed by atoms with van der Waals surface area (Å²) in [6.45, 7) is 0.599. The number of ether oxygens (including phenoxy) is 1. The molecule has 3 aromatic rings. The van der Waals surface area contributed by atoms with Crippen LogP contribution in [0.15, 0.2) is 53.1 Å². The Morgan fingerprint density at radius 2 is 1.88 bits per heavy atom.